The van der Waals surface area contributed by atoms with Crippen LogP contribution in [0.5, 0.6) is 5.75 Å². The summed E-state index contributed by atoms with van der Waals surface area (Å²) in [5.41, 5.74) is 1.20. The molecule has 1 aliphatic heterocycles. The number of aliphatic hydroxyl groups is 1. The van der Waals surface area contributed by atoms with E-state index in [0.717, 1.165) is 19.6 Å². The quantitative estimate of drug-likeness (QED) is 0.196. The van der Waals surface area contributed by atoms with Crippen LogP contribution in [0.3, 0.4) is 0 Å². The highest BCUT2D eigenvalue weighted by molar-refractivity contribution is 6.46. The van der Waals surface area contributed by atoms with Crippen LogP contribution in [0.1, 0.15) is 54.7 Å². The molecule has 2 aromatic rings. The van der Waals surface area contributed by atoms with Gasteiger partial charge in [-0.1, -0.05) is 37.6 Å². The van der Waals surface area contributed by atoms with Gasteiger partial charge < -0.3 is 24.4 Å². The number of methoxy groups -OCH3 is 1. The number of rotatable bonds is 11. The van der Waals surface area contributed by atoms with Gasteiger partial charge in [0.25, 0.3) is 11.7 Å². The van der Waals surface area contributed by atoms with E-state index in [-0.39, 0.29) is 16.4 Å². The van der Waals surface area contributed by atoms with E-state index in [1.807, 2.05) is 6.92 Å². The van der Waals surface area contributed by atoms with Crippen molar-refractivity contribution in [3.63, 3.8) is 0 Å². The van der Waals surface area contributed by atoms with Crippen molar-refractivity contribution >= 4 is 35.0 Å². The molecule has 1 amide bonds. The van der Waals surface area contributed by atoms with Crippen molar-refractivity contribution in [1.29, 1.82) is 0 Å². The van der Waals surface area contributed by atoms with Gasteiger partial charge in [0.05, 0.1) is 35.9 Å². The number of halogens is 1. The van der Waals surface area contributed by atoms with Gasteiger partial charge in [-0.2, -0.15) is 0 Å². The third kappa shape index (κ3) is 6.14. The fraction of sp³-hybridized carbons (Fsp3) is 0.393. The Kier molecular flexibility index (Phi) is 9.72. The van der Waals surface area contributed by atoms with Crippen LogP contribution in [0.15, 0.2) is 48.0 Å². The molecule has 0 saturated carbocycles. The van der Waals surface area contributed by atoms with E-state index in [0.29, 0.717) is 42.0 Å². The Balaban J connectivity index is 2.06. The van der Waals surface area contributed by atoms with Gasteiger partial charge in [0.15, 0.2) is 0 Å². The van der Waals surface area contributed by atoms with Gasteiger partial charge in [0.2, 0.25) is 0 Å². The first kappa shape index (κ1) is 28.2. The van der Waals surface area contributed by atoms with Crippen LogP contribution in [0.4, 0.5) is 0 Å². The van der Waals surface area contributed by atoms with Crippen LogP contribution in [-0.2, 0) is 14.3 Å². The predicted molar refractivity (Wildman–Crippen MR) is 142 cm³/mol. The maximum atomic E-state index is 13.2. The van der Waals surface area contributed by atoms with Gasteiger partial charge in [-0.3, -0.25) is 9.59 Å². The number of benzene rings is 2. The van der Waals surface area contributed by atoms with Crippen molar-refractivity contribution < 1.29 is 29.0 Å². The first-order valence-corrected chi connectivity index (χ1v) is 12.8. The topological polar surface area (TPSA) is 96.4 Å². The lowest BCUT2D eigenvalue weighted by Crippen LogP contribution is -2.33. The molecule has 1 atom stereocenters. The third-order valence-electron chi connectivity index (χ3n) is 6.46. The molecule has 0 aliphatic carbocycles. The molecule has 9 heteroatoms. The van der Waals surface area contributed by atoms with Gasteiger partial charge >= 0.3 is 5.97 Å². The molecular formula is C28H33ClN2O6. The van der Waals surface area contributed by atoms with Gasteiger partial charge in [0, 0.05) is 12.1 Å². The van der Waals surface area contributed by atoms with Crippen molar-refractivity contribution in [2.75, 3.05) is 39.9 Å². The third-order valence-corrected chi connectivity index (χ3v) is 6.76. The molecule has 3 rings (SSSR count). The van der Waals surface area contributed by atoms with Gasteiger partial charge in [-0.15, -0.1) is 0 Å². The van der Waals surface area contributed by atoms with Crippen molar-refractivity contribution in [3.8, 4) is 5.75 Å². The molecule has 0 radical (unpaired) electrons. The number of nitrogens with zero attached hydrogens (tertiary/aromatic N) is 2. The molecule has 8 nitrogen and oxygen atoms in total. The Morgan fingerprint density at radius 2 is 1.70 bits per heavy atom. The minimum atomic E-state index is -0.825. The maximum Gasteiger partial charge on any atom is 0.337 e. The summed E-state index contributed by atoms with van der Waals surface area (Å²) in [6.07, 6.45) is 0.653. The van der Waals surface area contributed by atoms with Crippen molar-refractivity contribution in [1.82, 2.24) is 9.80 Å². The molecule has 0 unspecified atom stereocenters. The number of ketones is 1. The maximum absolute atomic E-state index is 13.2. The lowest BCUT2D eigenvalue weighted by molar-refractivity contribution is -0.140. The van der Waals surface area contributed by atoms with E-state index in [9.17, 15) is 19.5 Å². The first-order valence-electron chi connectivity index (χ1n) is 12.4. The Labute approximate surface area is 222 Å². The van der Waals surface area contributed by atoms with Crippen LogP contribution >= 0.6 is 11.6 Å². The number of aliphatic hydroxyl groups excluding tert-OH is 1. The number of hydrogen-bond donors (Lipinski definition) is 1. The van der Waals surface area contributed by atoms with E-state index in [1.165, 1.54) is 18.1 Å². The van der Waals surface area contributed by atoms with Crippen LogP contribution < -0.4 is 4.74 Å². The lowest BCUT2D eigenvalue weighted by Gasteiger charge is -2.27. The standard InChI is InChI=1S/C28H33ClN2O6/c1-5-30(6-2)15-8-16-31-24(18-9-11-19(12-10-18)28(35)36-4)23(26(33)27(31)34)25(32)20-13-14-22(37-7-3)21(29)17-20/h9-14,17,24,32H,5-8,15-16H2,1-4H3/b25-23+/t24-/m1/s1. The van der Waals surface area contributed by atoms with Gasteiger partial charge in [-0.05, 0) is 68.9 Å². The molecule has 0 spiro atoms. The van der Waals surface area contributed by atoms with E-state index >= 15 is 0 Å². The predicted octanol–water partition coefficient (Wildman–Crippen LogP) is 4.68. The molecule has 2 aromatic carbocycles. The van der Waals surface area contributed by atoms with Crippen molar-refractivity contribution in [2.45, 2.75) is 33.2 Å². The first-order chi connectivity index (χ1) is 17.8. The van der Waals surface area contributed by atoms with Crippen LogP contribution in [0, 0.1) is 0 Å². The fourth-order valence-corrected chi connectivity index (χ4v) is 4.69. The molecule has 1 aliphatic rings. The van der Waals surface area contributed by atoms with Crippen LogP contribution in [-0.4, -0.2) is 72.5 Å². The van der Waals surface area contributed by atoms with Gasteiger partial charge in [0.1, 0.15) is 11.5 Å². The molecule has 0 bridgehead atoms. The molecule has 0 aromatic heterocycles. The molecule has 1 heterocycles. The van der Waals surface area contributed by atoms with Crippen molar-refractivity contribution in [3.05, 3.63) is 69.8 Å². The number of carbonyl (C=O) groups is 3. The smallest absolute Gasteiger partial charge is 0.337 e. The summed E-state index contributed by atoms with van der Waals surface area (Å²) in [5, 5.41) is 11.5. The number of Topliss-reactive ketones (excluding diaryl/α,β-unsaturated/α-hetero) is 1. The summed E-state index contributed by atoms with van der Waals surface area (Å²) >= 11 is 6.32. The lowest BCUT2D eigenvalue weighted by atomic mass is 9.94. The Hall–Kier alpha value is -3.36. The van der Waals surface area contributed by atoms with Crippen molar-refractivity contribution in [2.24, 2.45) is 0 Å². The van der Waals surface area contributed by atoms with E-state index in [1.54, 1.807) is 36.4 Å². The van der Waals surface area contributed by atoms with E-state index < -0.39 is 23.7 Å². The monoisotopic (exact) mass is 528 g/mol. The Morgan fingerprint density at radius 1 is 1.05 bits per heavy atom. The molecule has 1 fully saturated rings. The number of likely N-dealkylation sites (tertiary alicyclic amines) is 1. The highest BCUT2D eigenvalue weighted by Gasteiger charge is 2.45. The molecular weight excluding hydrogens is 496 g/mol. The minimum absolute atomic E-state index is 0.0288. The molecule has 37 heavy (non-hydrogen) atoms. The summed E-state index contributed by atoms with van der Waals surface area (Å²) in [6, 6.07) is 10.4. The van der Waals surface area contributed by atoms with E-state index in [4.69, 9.17) is 21.1 Å². The second-order valence-electron chi connectivity index (χ2n) is 8.56. The van der Waals surface area contributed by atoms with Crippen LogP contribution in [0.2, 0.25) is 5.02 Å². The average molecular weight is 529 g/mol. The number of hydrogen-bond acceptors (Lipinski definition) is 7. The largest absolute Gasteiger partial charge is 0.507 e. The Morgan fingerprint density at radius 3 is 2.27 bits per heavy atom. The second-order valence-corrected chi connectivity index (χ2v) is 8.97. The zero-order valence-corrected chi connectivity index (χ0v) is 22.4. The summed E-state index contributed by atoms with van der Waals surface area (Å²) in [6.45, 7) is 9.24. The molecule has 1 saturated heterocycles. The van der Waals surface area contributed by atoms with Crippen LogP contribution in [0.25, 0.3) is 5.76 Å². The normalized spacial score (nSPS) is 16.9. The summed E-state index contributed by atoms with van der Waals surface area (Å²) in [4.78, 5) is 42.1. The number of amides is 1. The zero-order valence-electron chi connectivity index (χ0n) is 21.6. The van der Waals surface area contributed by atoms with Gasteiger partial charge in [-0.25, -0.2) is 4.79 Å². The number of ether oxygens (including phenoxy) is 2. The zero-order chi connectivity index (χ0) is 27.1. The highest BCUT2D eigenvalue weighted by Crippen LogP contribution is 2.40. The molecule has 1 N–H and O–H groups in total. The summed E-state index contributed by atoms with van der Waals surface area (Å²) in [7, 11) is 1.29. The minimum Gasteiger partial charge on any atom is -0.507 e. The van der Waals surface area contributed by atoms with E-state index in [2.05, 4.69) is 18.7 Å². The fourth-order valence-electron chi connectivity index (χ4n) is 4.46. The average Bonchev–Trinajstić information content (AvgIpc) is 3.16. The summed E-state index contributed by atoms with van der Waals surface area (Å²) < 4.78 is 10.2. The summed E-state index contributed by atoms with van der Waals surface area (Å²) in [5.74, 6) is -1.82. The Bertz CT molecular complexity index is 1170. The number of carbonyl (C=O) groups excluding carboxylic acids is 3. The number of esters is 1. The second kappa shape index (κ2) is 12.7. The highest BCUT2D eigenvalue weighted by atomic mass is 35.5. The SMILES string of the molecule is CCOc1ccc(/C(O)=C2\C(=O)C(=O)N(CCCN(CC)CC)[C@@H]2c2ccc(C(=O)OC)cc2)cc1Cl. The molecule has 198 valence electrons.